The van der Waals surface area contributed by atoms with Crippen LogP contribution in [0.3, 0.4) is 0 Å². The number of benzene rings is 2. The van der Waals surface area contributed by atoms with Crippen LogP contribution >= 0.6 is 0 Å². The molecule has 0 aliphatic rings. The van der Waals surface area contributed by atoms with Gasteiger partial charge in [-0.1, -0.05) is 36.9 Å². The molecule has 26 heavy (non-hydrogen) atoms. The highest BCUT2D eigenvalue weighted by Gasteiger charge is 2.37. The monoisotopic (exact) mass is 351 g/mol. The fourth-order valence-electron chi connectivity index (χ4n) is 2.83. The molecular formula is C20H15F2N3O. The van der Waals surface area contributed by atoms with E-state index in [2.05, 4.69) is 11.6 Å². The molecule has 6 heteroatoms. The molecule has 0 bridgehead atoms. The van der Waals surface area contributed by atoms with Crippen molar-refractivity contribution < 1.29 is 13.9 Å². The van der Waals surface area contributed by atoms with Gasteiger partial charge >= 0.3 is 0 Å². The summed E-state index contributed by atoms with van der Waals surface area (Å²) in [7, 11) is 0. The Bertz CT molecular complexity index is 992. The summed E-state index contributed by atoms with van der Waals surface area (Å²) in [5, 5.41) is 20.6. The second-order valence-electron chi connectivity index (χ2n) is 5.85. The minimum absolute atomic E-state index is 0.134. The van der Waals surface area contributed by atoms with Gasteiger partial charge in [-0.25, -0.2) is 13.8 Å². The maximum Gasteiger partial charge on any atom is 0.140 e. The molecule has 0 unspecified atom stereocenters. The molecule has 130 valence electrons. The first kappa shape index (κ1) is 17.5. The predicted molar refractivity (Wildman–Crippen MR) is 92.7 cm³/mol. The summed E-state index contributed by atoms with van der Waals surface area (Å²) in [5.74, 6) is -1.65. The molecule has 0 amide bonds. The SMILES string of the molecule is C=C(c1ccccc1)[C@@](O)(Cn1cncc1C#N)c1ccc(F)cc1F. The number of halogens is 2. The van der Waals surface area contributed by atoms with Gasteiger partial charge in [0.1, 0.15) is 29.0 Å². The van der Waals surface area contributed by atoms with Crippen molar-refractivity contribution in [3.63, 3.8) is 0 Å². The van der Waals surface area contributed by atoms with Crippen molar-refractivity contribution >= 4 is 5.57 Å². The standard InChI is InChI=1S/C20H15F2N3O/c1-14(15-5-3-2-4-6-15)20(26,12-25-13-24-11-17(25)10-23)18-8-7-16(21)9-19(18)22/h2-9,11,13,26H,1,12H2/t20-/m0/s1. The van der Waals surface area contributed by atoms with Crippen molar-refractivity contribution in [2.75, 3.05) is 0 Å². The number of hydrogen-bond acceptors (Lipinski definition) is 3. The second-order valence-corrected chi connectivity index (χ2v) is 5.85. The zero-order valence-corrected chi connectivity index (χ0v) is 13.7. The number of imidazole rings is 1. The fraction of sp³-hybridized carbons (Fsp3) is 0.100. The Balaban J connectivity index is 2.15. The zero-order chi connectivity index (χ0) is 18.7. The Morgan fingerprint density at radius 3 is 2.62 bits per heavy atom. The quantitative estimate of drug-likeness (QED) is 0.763. The lowest BCUT2D eigenvalue weighted by atomic mass is 9.82. The molecule has 0 spiro atoms. The number of nitriles is 1. The van der Waals surface area contributed by atoms with Crippen LogP contribution in [0.4, 0.5) is 8.78 Å². The van der Waals surface area contributed by atoms with Crippen molar-refractivity contribution in [1.82, 2.24) is 9.55 Å². The molecule has 0 aliphatic carbocycles. The highest BCUT2D eigenvalue weighted by Crippen LogP contribution is 2.38. The Kier molecular flexibility index (Phi) is 4.65. The number of nitrogens with zero attached hydrogens (tertiary/aromatic N) is 3. The summed E-state index contributed by atoms with van der Waals surface area (Å²) in [6.45, 7) is 3.74. The average molecular weight is 351 g/mol. The van der Waals surface area contributed by atoms with E-state index in [0.29, 0.717) is 11.6 Å². The van der Waals surface area contributed by atoms with E-state index in [-0.39, 0.29) is 23.4 Å². The minimum atomic E-state index is -1.91. The molecule has 0 aliphatic heterocycles. The van der Waals surface area contributed by atoms with Crippen molar-refractivity contribution in [2.45, 2.75) is 12.1 Å². The van der Waals surface area contributed by atoms with Crippen molar-refractivity contribution in [2.24, 2.45) is 0 Å². The summed E-state index contributed by atoms with van der Waals surface area (Å²) in [6, 6.07) is 13.7. The first-order valence-electron chi connectivity index (χ1n) is 7.78. The van der Waals surface area contributed by atoms with Crippen LogP contribution in [0.2, 0.25) is 0 Å². The van der Waals surface area contributed by atoms with Crippen LogP contribution in [0.15, 0.2) is 67.6 Å². The molecule has 3 rings (SSSR count). The normalized spacial score (nSPS) is 13.0. The molecule has 0 saturated heterocycles. The summed E-state index contributed by atoms with van der Waals surface area (Å²) in [6.07, 6.45) is 2.70. The van der Waals surface area contributed by atoms with Crippen molar-refractivity contribution in [3.05, 3.63) is 96.1 Å². The summed E-state index contributed by atoms with van der Waals surface area (Å²) >= 11 is 0. The molecule has 0 fully saturated rings. The molecular weight excluding hydrogens is 336 g/mol. The fourth-order valence-corrected chi connectivity index (χ4v) is 2.83. The van der Waals surface area contributed by atoms with Crippen LogP contribution in [0.25, 0.3) is 5.57 Å². The van der Waals surface area contributed by atoms with Gasteiger partial charge in [-0.2, -0.15) is 5.26 Å². The third kappa shape index (κ3) is 3.13. The Morgan fingerprint density at radius 2 is 1.96 bits per heavy atom. The van der Waals surface area contributed by atoms with Crippen LogP contribution in [0.5, 0.6) is 0 Å². The van der Waals surface area contributed by atoms with E-state index in [1.807, 2.05) is 6.07 Å². The number of rotatable bonds is 5. The molecule has 0 saturated carbocycles. The highest BCUT2D eigenvalue weighted by molar-refractivity contribution is 5.72. The van der Waals surface area contributed by atoms with Crippen molar-refractivity contribution in [3.8, 4) is 6.07 Å². The third-order valence-electron chi connectivity index (χ3n) is 4.22. The summed E-state index contributed by atoms with van der Waals surface area (Å²) in [4.78, 5) is 3.89. The maximum absolute atomic E-state index is 14.5. The van der Waals surface area contributed by atoms with Gasteiger partial charge in [-0.05, 0) is 23.3 Å². The van der Waals surface area contributed by atoms with E-state index in [4.69, 9.17) is 0 Å². The molecule has 1 N–H and O–H groups in total. The van der Waals surface area contributed by atoms with Gasteiger partial charge in [-0.3, -0.25) is 0 Å². The molecule has 3 aromatic rings. The summed E-state index contributed by atoms with van der Waals surface area (Å²) in [5.41, 5.74) is -1.03. The number of aliphatic hydroxyl groups is 1. The minimum Gasteiger partial charge on any atom is -0.378 e. The van der Waals surface area contributed by atoms with E-state index in [1.54, 1.807) is 30.3 Å². The lowest BCUT2D eigenvalue weighted by Gasteiger charge is -2.32. The number of hydrogen-bond donors (Lipinski definition) is 1. The van der Waals surface area contributed by atoms with Crippen LogP contribution in [-0.4, -0.2) is 14.7 Å². The van der Waals surface area contributed by atoms with Gasteiger partial charge in [0.15, 0.2) is 0 Å². The second kappa shape index (κ2) is 6.90. The summed E-state index contributed by atoms with van der Waals surface area (Å²) < 4.78 is 29.3. The van der Waals surface area contributed by atoms with Gasteiger partial charge in [-0.15, -0.1) is 0 Å². The topological polar surface area (TPSA) is 61.8 Å². The van der Waals surface area contributed by atoms with Crippen LogP contribution in [0.1, 0.15) is 16.8 Å². The van der Waals surface area contributed by atoms with Crippen LogP contribution in [0, 0.1) is 23.0 Å². The average Bonchev–Trinajstić information content (AvgIpc) is 3.08. The third-order valence-corrected chi connectivity index (χ3v) is 4.22. The van der Waals surface area contributed by atoms with Crippen molar-refractivity contribution in [1.29, 1.82) is 5.26 Å². The Morgan fingerprint density at radius 1 is 1.23 bits per heavy atom. The van der Waals surface area contributed by atoms with Gasteiger partial charge in [0, 0.05) is 11.6 Å². The van der Waals surface area contributed by atoms with E-state index in [0.717, 1.165) is 6.07 Å². The van der Waals surface area contributed by atoms with E-state index in [9.17, 15) is 19.1 Å². The van der Waals surface area contributed by atoms with Gasteiger partial charge in [0.2, 0.25) is 0 Å². The predicted octanol–water partition coefficient (Wildman–Crippen LogP) is 3.63. The smallest absolute Gasteiger partial charge is 0.140 e. The first-order valence-corrected chi connectivity index (χ1v) is 7.78. The molecule has 1 atom stereocenters. The van der Waals surface area contributed by atoms with E-state index >= 15 is 0 Å². The molecule has 4 nitrogen and oxygen atoms in total. The van der Waals surface area contributed by atoms with Gasteiger partial charge < -0.3 is 9.67 Å². The van der Waals surface area contributed by atoms with E-state index < -0.39 is 17.2 Å². The molecule has 2 aromatic carbocycles. The Labute approximate surface area is 149 Å². The van der Waals surface area contributed by atoms with E-state index in [1.165, 1.54) is 23.2 Å². The lowest BCUT2D eigenvalue weighted by molar-refractivity contribution is 0.0765. The van der Waals surface area contributed by atoms with Crippen LogP contribution in [-0.2, 0) is 12.1 Å². The lowest BCUT2D eigenvalue weighted by Crippen LogP contribution is -2.34. The first-order chi connectivity index (χ1) is 12.5. The zero-order valence-electron chi connectivity index (χ0n) is 13.7. The van der Waals surface area contributed by atoms with Crippen LogP contribution < -0.4 is 0 Å². The Hall–Kier alpha value is -3.30. The van der Waals surface area contributed by atoms with Gasteiger partial charge in [0.25, 0.3) is 0 Å². The molecule has 1 aromatic heterocycles. The maximum atomic E-state index is 14.5. The number of aromatic nitrogens is 2. The molecule has 1 heterocycles. The van der Waals surface area contributed by atoms with Gasteiger partial charge in [0.05, 0.1) is 19.1 Å². The highest BCUT2D eigenvalue weighted by atomic mass is 19.1. The molecule has 0 radical (unpaired) electrons. The largest absolute Gasteiger partial charge is 0.378 e.